The molecule has 1 heterocycles. The molecule has 0 aliphatic carbocycles. The predicted octanol–water partition coefficient (Wildman–Crippen LogP) is 2.51. The Morgan fingerprint density at radius 3 is 2.79 bits per heavy atom. The molecule has 2 aromatic rings. The number of rotatable bonds is 5. The summed E-state index contributed by atoms with van der Waals surface area (Å²) >= 11 is 0. The lowest BCUT2D eigenvalue weighted by molar-refractivity contribution is 0.416. The lowest BCUT2D eigenvalue weighted by atomic mass is 10.1. The first-order valence-corrected chi connectivity index (χ1v) is 6.26. The van der Waals surface area contributed by atoms with E-state index in [0.29, 0.717) is 6.54 Å². The smallest absolute Gasteiger partial charge is 0.141 e. The van der Waals surface area contributed by atoms with Gasteiger partial charge in [0.1, 0.15) is 5.75 Å². The van der Waals surface area contributed by atoms with Crippen LogP contribution in [0.1, 0.15) is 17.3 Å². The fourth-order valence-corrected chi connectivity index (χ4v) is 1.96. The number of methoxy groups -OCH3 is 1. The quantitative estimate of drug-likeness (QED) is 0.864. The van der Waals surface area contributed by atoms with E-state index in [4.69, 9.17) is 10.5 Å². The number of ether oxygens (including phenoxy) is 1. The van der Waals surface area contributed by atoms with E-state index in [-0.39, 0.29) is 6.04 Å². The molecule has 0 aliphatic rings. The monoisotopic (exact) mass is 257 g/mol. The molecule has 0 amide bonds. The topological polar surface area (TPSA) is 60.2 Å². The fraction of sp³-hybridized carbons (Fsp3) is 0.267. The summed E-state index contributed by atoms with van der Waals surface area (Å²) in [7, 11) is 1.66. The van der Waals surface area contributed by atoms with Gasteiger partial charge in [-0.25, -0.2) is 0 Å². The summed E-state index contributed by atoms with van der Waals surface area (Å²) in [6.07, 6.45) is 1.77. The van der Waals surface area contributed by atoms with Gasteiger partial charge in [-0.1, -0.05) is 12.1 Å². The number of hydrogen-bond acceptors (Lipinski definition) is 4. The number of anilines is 1. The molecule has 3 N–H and O–H groups in total. The van der Waals surface area contributed by atoms with Gasteiger partial charge in [0.25, 0.3) is 0 Å². The second-order valence-electron chi connectivity index (χ2n) is 4.39. The van der Waals surface area contributed by atoms with Crippen LogP contribution in [0.15, 0.2) is 42.6 Å². The molecule has 0 saturated heterocycles. The molecule has 4 nitrogen and oxygen atoms in total. The second kappa shape index (κ2) is 6.20. The first-order valence-electron chi connectivity index (χ1n) is 6.26. The van der Waals surface area contributed by atoms with Crippen molar-refractivity contribution in [2.45, 2.75) is 13.0 Å². The van der Waals surface area contributed by atoms with Crippen molar-refractivity contribution in [1.29, 1.82) is 0 Å². The molecule has 1 aromatic heterocycles. The van der Waals surface area contributed by atoms with E-state index in [1.54, 1.807) is 13.3 Å². The lowest BCUT2D eigenvalue weighted by Gasteiger charge is -2.19. The van der Waals surface area contributed by atoms with Gasteiger partial charge in [0, 0.05) is 12.7 Å². The van der Waals surface area contributed by atoms with Crippen LogP contribution in [0.25, 0.3) is 0 Å². The van der Waals surface area contributed by atoms with Crippen LogP contribution in [-0.2, 0) is 0 Å². The minimum atomic E-state index is -0.0306. The molecule has 1 aromatic carbocycles. The van der Waals surface area contributed by atoms with Gasteiger partial charge in [-0.05, 0) is 36.8 Å². The number of pyridine rings is 1. The molecule has 0 spiro atoms. The Kier molecular flexibility index (Phi) is 4.36. The summed E-state index contributed by atoms with van der Waals surface area (Å²) in [5, 5.41) is 3.39. The van der Waals surface area contributed by atoms with Crippen molar-refractivity contribution in [2.75, 3.05) is 19.0 Å². The standard InChI is InChI=1S/C15H19N3O/c1-11-6-7-15(19-2)13(9-11)18-14(10-16)12-5-3-4-8-17-12/h3-9,14,18H,10,16H2,1-2H3. The van der Waals surface area contributed by atoms with Gasteiger partial charge in [-0.2, -0.15) is 0 Å². The van der Waals surface area contributed by atoms with Crippen LogP contribution in [-0.4, -0.2) is 18.6 Å². The van der Waals surface area contributed by atoms with Gasteiger partial charge in [-0.15, -0.1) is 0 Å². The van der Waals surface area contributed by atoms with Crippen LogP contribution >= 0.6 is 0 Å². The van der Waals surface area contributed by atoms with E-state index >= 15 is 0 Å². The molecule has 0 radical (unpaired) electrons. The molecule has 4 heteroatoms. The first kappa shape index (κ1) is 13.4. The Bertz CT molecular complexity index is 528. The summed E-state index contributed by atoms with van der Waals surface area (Å²) in [4.78, 5) is 4.34. The molecule has 1 unspecified atom stereocenters. The molecule has 0 bridgehead atoms. The Morgan fingerprint density at radius 2 is 2.16 bits per heavy atom. The van der Waals surface area contributed by atoms with Gasteiger partial charge < -0.3 is 15.8 Å². The molecule has 1 atom stereocenters. The van der Waals surface area contributed by atoms with Crippen LogP contribution in [0, 0.1) is 6.92 Å². The number of hydrogen-bond donors (Lipinski definition) is 2. The van der Waals surface area contributed by atoms with Crippen molar-refractivity contribution in [1.82, 2.24) is 4.98 Å². The molecule has 100 valence electrons. The zero-order chi connectivity index (χ0) is 13.7. The average molecular weight is 257 g/mol. The highest BCUT2D eigenvalue weighted by Crippen LogP contribution is 2.28. The van der Waals surface area contributed by atoms with Crippen LogP contribution in [0.3, 0.4) is 0 Å². The van der Waals surface area contributed by atoms with Crippen molar-refractivity contribution in [3.8, 4) is 5.75 Å². The third-order valence-electron chi connectivity index (χ3n) is 2.97. The van der Waals surface area contributed by atoms with Crippen molar-refractivity contribution in [3.63, 3.8) is 0 Å². The number of nitrogens with one attached hydrogen (secondary N) is 1. The largest absolute Gasteiger partial charge is 0.495 e. The maximum atomic E-state index is 5.84. The van der Waals surface area contributed by atoms with Crippen molar-refractivity contribution < 1.29 is 4.74 Å². The van der Waals surface area contributed by atoms with Gasteiger partial charge >= 0.3 is 0 Å². The molecule has 2 rings (SSSR count). The minimum absolute atomic E-state index is 0.0306. The number of nitrogens with zero attached hydrogens (tertiary/aromatic N) is 1. The van der Waals surface area contributed by atoms with Crippen LogP contribution in [0.5, 0.6) is 5.75 Å². The molecule has 19 heavy (non-hydrogen) atoms. The first-order chi connectivity index (χ1) is 9.24. The molecular formula is C15H19N3O. The van der Waals surface area contributed by atoms with Gasteiger partial charge in [0.2, 0.25) is 0 Å². The maximum absolute atomic E-state index is 5.84. The Balaban J connectivity index is 2.26. The fourth-order valence-electron chi connectivity index (χ4n) is 1.96. The third-order valence-corrected chi connectivity index (χ3v) is 2.97. The van der Waals surface area contributed by atoms with Gasteiger partial charge in [0.15, 0.2) is 0 Å². The van der Waals surface area contributed by atoms with Crippen molar-refractivity contribution in [2.24, 2.45) is 5.73 Å². The predicted molar refractivity (Wildman–Crippen MR) is 77.4 cm³/mol. The van der Waals surface area contributed by atoms with E-state index in [2.05, 4.69) is 10.3 Å². The number of aryl methyl sites for hydroxylation is 1. The third kappa shape index (κ3) is 3.23. The van der Waals surface area contributed by atoms with Crippen molar-refractivity contribution in [3.05, 3.63) is 53.9 Å². The van der Waals surface area contributed by atoms with E-state index in [9.17, 15) is 0 Å². The van der Waals surface area contributed by atoms with E-state index in [1.807, 2.05) is 43.3 Å². The van der Waals surface area contributed by atoms with E-state index < -0.39 is 0 Å². The molecule has 0 fully saturated rings. The van der Waals surface area contributed by atoms with E-state index in [1.165, 1.54) is 5.56 Å². The zero-order valence-corrected chi connectivity index (χ0v) is 11.3. The summed E-state index contributed by atoms with van der Waals surface area (Å²) in [6, 6.07) is 11.8. The van der Waals surface area contributed by atoms with Gasteiger partial charge in [0.05, 0.1) is 24.5 Å². The van der Waals surface area contributed by atoms with Crippen LogP contribution < -0.4 is 15.8 Å². The van der Waals surface area contributed by atoms with Crippen LogP contribution in [0.4, 0.5) is 5.69 Å². The summed E-state index contributed by atoms with van der Waals surface area (Å²) in [6.45, 7) is 2.51. The average Bonchev–Trinajstić information content (AvgIpc) is 2.46. The molecule has 0 saturated carbocycles. The van der Waals surface area contributed by atoms with E-state index in [0.717, 1.165) is 17.1 Å². The number of aromatic nitrogens is 1. The Labute approximate surface area is 113 Å². The normalized spacial score (nSPS) is 11.9. The Morgan fingerprint density at radius 1 is 1.32 bits per heavy atom. The SMILES string of the molecule is COc1ccc(C)cc1NC(CN)c1ccccn1. The van der Waals surface area contributed by atoms with Crippen LogP contribution in [0.2, 0.25) is 0 Å². The highest BCUT2D eigenvalue weighted by molar-refractivity contribution is 5.59. The molecular weight excluding hydrogens is 238 g/mol. The summed E-state index contributed by atoms with van der Waals surface area (Å²) < 4.78 is 5.36. The summed E-state index contributed by atoms with van der Waals surface area (Å²) in [5.74, 6) is 0.806. The number of nitrogens with two attached hydrogens (primary N) is 1. The summed E-state index contributed by atoms with van der Waals surface area (Å²) in [5.41, 5.74) is 8.86. The zero-order valence-electron chi connectivity index (χ0n) is 11.3. The lowest BCUT2D eigenvalue weighted by Crippen LogP contribution is -2.21. The Hall–Kier alpha value is -2.07. The highest BCUT2D eigenvalue weighted by atomic mass is 16.5. The van der Waals surface area contributed by atoms with Crippen molar-refractivity contribution >= 4 is 5.69 Å². The van der Waals surface area contributed by atoms with Gasteiger partial charge in [-0.3, -0.25) is 4.98 Å². The minimum Gasteiger partial charge on any atom is -0.495 e. The molecule has 0 aliphatic heterocycles. The highest BCUT2D eigenvalue weighted by Gasteiger charge is 2.13. The number of benzene rings is 1. The maximum Gasteiger partial charge on any atom is 0.141 e. The second-order valence-corrected chi connectivity index (χ2v) is 4.39.